The van der Waals surface area contributed by atoms with Gasteiger partial charge in [-0.1, -0.05) is 25.1 Å². The number of para-hydroxylation sites is 1. The Morgan fingerprint density at radius 1 is 1.42 bits per heavy atom. The van der Waals surface area contributed by atoms with Crippen molar-refractivity contribution in [1.29, 1.82) is 0 Å². The maximum Gasteiger partial charge on any atom is 0.266 e. The van der Waals surface area contributed by atoms with Crippen LogP contribution >= 0.6 is 0 Å². The quantitative estimate of drug-likeness (QED) is 0.679. The van der Waals surface area contributed by atoms with Crippen molar-refractivity contribution < 1.29 is 23.8 Å². The summed E-state index contributed by atoms with van der Waals surface area (Å²) in [5.41, 5.74) is 1.96. The summed E-state index contributed by atoms with van der Waals surface area (Å²) in [5, 5.41) is 12.9. The van der Waals surface area contributed by atoms with E-state index in [1.165, 1.54) is 19.2 Å². The predicted octanol–water partition coefficient (Wildman–Crippen LogP) is 3.00. The molecule has 2 heterocycles. The zero-order valence-corrected chi connectivity index (χ0v) is 17.8. The maximum absolute atomic E-state index is 14.6. The van der Waals surface area contributed by atoms with E-state index < -0.39 is 23.9 Å². The summed E-state index contributed by atoms with van der Waals surface area (Å²) in [6, 6.07) is 4.34. The minimum absolute atomic E-state index is 0.163. The molecule has 0 aliphatic carbocycles. The van der Waals surface area contributed by atoms with E-state index in [0.717, 1.165) is 17.6 Å². The third-order valence-corrected chi connectivity index (χ3v) is 5.41. The van der Waals surface area contributed by atoms with E-state index >= 15 is 0 Å². The number of fused-ring (bicyclic) bond motifs is 1. The summed E-state index contributed by atoms with van der Waals surface area (Å²) in [6.07, 6.45) is 4.78. The van der Waals surface area contributed by atoms with Crippen LogP contribution in [0.25, 0.3) is 0 Å². The molecule has 1 aromatic carbocycles. The number of halogens is 1. The minimum Gasteiger partial charge on any atom is -0.389 e. The Morgan fingerprint density at radius 3 is 2.94 bits per heavy atom. The molecule has 166 valence electrons. The highest BCUT2D eigenvalue weighted by atomic mass is 19.1. The first kappa shape index (κ1) is 23.0. The van der Waals surface area contributed by atoms with Crippen LogP contribution in [0.3, 0.4) is 0 Å². The highest BCUT2D eigenvalue weighted by Crippen LogP contribution is 2.39. The molecule has 8 heteroatoms. The molecular weight excluding hydrogens is 401 g/mol. The van der Waals surface area contributed by atoms with Gasteiger partial charge >= 0.3 is 0 Å². The van der Waals surface area contributed by atoms with Gasteiger partial charge < -0.3 is 15.2 Å². The summed E-state index contributed by atoms with van der Waals surface area (Å²) < 4.78 is 19.8. The maximum atomic E-state index is 14.6. The fraction of sp³-hybridized carbons (Fsp3) is 0.478. The number of amides is 2. The second-order valence-corrected chi connectivity index (χ2v) is 7.82. The Labute approximate surface area is 181 Å². The van der Waals surface area contributed by atoms with Gasteiger partial charge in [0, 0.05) is 26.2 Å². The molecule has 2 N–H and O–H groups in total. The van der Waals surface area contributed by atoms with Crippen molar-refractivity contribution in [2.75, 3.05) is 13.2 Å². The average Bonchev–Trinajstić information content (AvgIpc) is 2.74. The second kappa shape index (κ2) is 10.5. The molecule has 1 fully saturated rings. The van der Waals surface area contributed by atoms with Gasteiger partial charge in [0.05, 0.1) is 18.8 Å². The Bertz CT molecular complexity index is 925. The molecule has 1 aromatic rings. The number of nitrogens with one attached hydrogen (secondary N) is 1. The molecule has 2 amide bonds. The standard InChI is InChI=1S/C23H28FN3O4/c1-3-5-15(12-25-14(2)28)10-16-11-20(26-22-17(16)6-4-7-18(22)24)23(30)27-19-8-9-31-13-21(19)29/h4-7,12,16,19,21,29H,3,8-11,13H2,1-2H3,(H,27,30)/b15-5-,25-12?. The lowest BCUT2D eigenvalue weighted by Gasteiger charge is -2.30. The molecule has 3 atom stereocenters. The van der Waals surface area contributed by atoms with Crippen LogP contribution < -0.4 is 5.32 Å². The Hall–Kier alpha value is -2.71. The summed E-state index contributed by atoms with van der Waals surface area (Å²) in [6.45, 7) is 3.98. The van der Waals surface area contributed by atoms with Crippen molar-refractivity contribution in [2.45, 2.75) is 57.6 Å². The van der Waals surface area contributed by atoms with Crippen LogP contribution in [0.5, 0.6) is 0 Å². The van der Waals surface area contributed by atoms with Crippen molar-refractivity contribution in [3.63, 3.8) is 0 Å². The minimum atomic E-state index is -0.788. The van der Waals surface area contributed by atoms with Crippen LogP contribution in [0.4, 0.5) is 10.1 Å². The fourth-order valence-electron chi connectivity index (χ4n) is 3.88. The molecule has 0 radical (unpaired) electrons. The normalized spacial score (nSPS) is 23.9. The number of benzene rings is 1. The number of rotatable bonds is 6. The van der Waals surface area contributed by atoms with Crippen LogP contribution in [0.1, 0.15) is 51.0 Å². The molecular formula is C23H28FN3O4. The number of aliphatic hydroxyl groups excluding tert-OH is 1. The lowest BCUT2D eigenvalue weighted by atomic mass is 9.84. The number of hydrogen-bond donors (Lipinski definition) is 2. The van der Waals surface area contributed by atoms with E-state index in [1.807, 2.05) is 19.1 Å². The van der Waals surface area contributed by atoms with Gasteiger partial charge in [-0.15, -0.1) is 0 Å². The van der Waals surface area contributed by atoms with Gasteiger partial charge in [0.15, 0.2) is 0 Å². The van der Waals surface area contributed by atoms with Crippen LogP contribution in [0, 0.1) is 5.82 Å². The molecule has 0 spiro atoms. The van der Waals surface area contributed by atoms with Gasteiger partial charge in [-0.05, 0) is 42.4 Å². The summed E-state index contributed by atoms with van der Waals surface area (Å²) in [5.74, 6) is -1.39. The van der Waals surface area contributed by atoms with Gasteiger partial charge in [-0.25, -0.2) is 14.4 Å². The number of aliphatic imine (C=N–C) groups is 2. The third kappa shape index (κ3) is 5.92. The first-order valence-corrected chi connectivity index (χ1v) is 10.5. The Balaban J connectivity index is 1.86. The van der Waals surface area contributed by atoms with E-state index in [2.05, 4.69) is 15.3 Å². The van der Waals surface area contributed by atoms with Crippen molar-refractivity contribution >= 4 is 29.4 Å². The second-order valence-electron chi connectivity index (χ2n) is 7.82. The first-order chi connectivity index (χ1) is 14.9. The van der Waals surface area contributed by atoms with Gasteiger partial charge in [-0.3, -0.25) is 9.59 Å². The molecule has 3 unspecified atom stereocenters. The van der Waals surface area contributed by atoms with Crippen LogP contribution in [0.15, 0.2) is 39.8 Å². The number of aliphatic hydroxyl groups is 1. The zero-order chi connectivity index (χ0) is 22.4. The van der Waals surface area contributed by atoms with Crippen LogP contribution in [-0.4, -0.2) is 54.2 Å². The predicted molar refractivity (Wildman–Crippen MR) is 116 cm³/mol. The Kier molecular flexibility index (Phi) is 7.81. The number of ether oxygens (including phenoxy) is 1. The number of nitrogens with zero attached hydrogens (tertiary/aromatic N) is 2. The van der Waals surface area contributed by atoms with E-state index in [0.29, 0.717) is 25.9 Å². The molecule has 3 rings (SSSR count). The average molecular weight is 429 g/mol. The number of allylic oxidation sites excluding steroid dienone is 2. The zero-order valence-electron chi connectivity index (χ0n) is 17.8. The smallest absolute Gasteiger partial charge is 0.266 e. The highest BCUT2D eigenvalue weighted by molar-refractivity contribution is 6.40. The SMILES string of the molecule is CC/C=C(\C=NC(C)=O)CC1CC(C(=O)NC2CCOCC2O)=Nc2c(F)cccc21. The van der Waals surface area contributed by atoms with Crippen molar-refractivity contribution in [3.05, 3.63) is 41.2 Å². The van der Waals surface area contributed by atoms with Crippen LogP contribution in [-0.2, 0) is 14.3 Å². The Morgan fingerprint density at radius 2 is 2.23 bits per heavy atom. The number of hydrogen-bond acceptors (Lipinski definition) is 5. The number of carbonyl (C=O) groups excluding carboxylic acids is 2. The monoisotopic (exact) mass is 429 g/mol. The summed E-state index contributed by atoms with van der Waals surface area (Å²) in [4.78, 5) is 32.4. The van der Waals surface area contributed by atoms with E-state index in [1.54, 1.807) is 6.07 Å². The van der Waals surface area contributed by atoms with Crippen molar-refractivity contribution in [2.24, 2.45) is 9.98 Å². The largest absolute Gasteiger partial charge is 0.389 e. The third-order valence-electron chi connectivity index (χ3n) is 5.41. The molecule has 0 saturated carbocycles. The van der Waals surface area contributed by atoms with E-state index in [-0.39, 0.29) is 29.8 Å². The van der Waals surface area contributed by atoms with E-state index in [9.17, 15) is 19.1 Å². The summed E-state index contributed by atoms with van der Waals surface area (Å²) in [7, 11) is 0. The molecule has 0 bridgehead atoms. The van der Waals surface area contributed by atoms with Gasteiger partial charge in [-0.2, -0.15) is 0 Å². The topological polar surface area (TPSA) is 100 Å². The number of carbonyl (C=O) groups is 2. The highest BCUT2D eigenvalue weighted by Gasteiger charge is 2.31. The molecule has 0 aromatic heterocycles. The lowest BCUT2D eigenvalue weighted by molar-refractivity contribution is -0.118. The van der Waals surface area contributed by atoms with E-state index in [4.69, 9.17) is 4.74 Å². The molecule has 2 aliphatic rings. The summed E-state index contributed by atoms with van der Waals surface area (Å²) >= 11 is 0. The fourth-order valence-corrected chi connectivity index (χ4v) is 3.88. The van der Waals surface area contributed by atoms with Gasteiger partial charge in [0.1, 0.15) is 17.2 Å². The van der Waals surface area contributed by atoms with Crippen molar-refractivity contribution in [3.8, 4) is 0 Å². The molecule has 1 saturated heterocycles. The van der Waals surface area contributed by atoms with Crippen LogP contribution in [0.2, 0.25) is 0 Å². The van der Waals surface area contributed by atoms with Crippen molar-refractivity contribution in [1.82, 2.24) is 5.32 Å². The van der Waals surface area contributed by atoms with Gasteiger partial charge in [0.2, 0.25) is 5.91 Å². The molecule has 7 nitrogen and oxygen atoms in total. The first-order valence-electron chi connectivity index (χ1n) is 10.5. The lowest BCUT2D eigenvalue weighted by Crippen LogP contribution is -2.50. The molecule has 31 heavy (non-hydrogen) atoms. The molecule has 2 aliphatic heterocycles. The van der Waals surface area contributed by atoms with Gasteiger partial charge in [0.25, 0.3) is 5.91 Å².